The smallest absolute Gasteiger partial charge is 0.232 e. The van der Waals surface area contributed by atoms with E-state index in [4.69, 9.17) is 4.74 Å². The zero-order chi connectivity index (χ0) is 26.5. The number of hydrogen-bond donors (Lipinski definition) is 0. The van der Waals surface area contributed by atoms with Crippen molar-refractivity contribution in [3.8, 4) is 10.4 Å². The minimum Gasteiger partial charge on any atom is -0.361 e. The van der Waals surface area contributed by atoms with E-state index >= 15 is 8.78 Å². The van der Waals surface area contributed by atoms with E-state index in [1.165, 1.54) is 28.4 Å². The van der Waals surface area contributed by atoms with Gasteiger partial charge in [-0.15, -0.1) is 11.3 Å². The summed E-state index contributed by atoms with van der Waals surface area (Å²) in [5.74, 6) is -2.07. The quantitative estimate of drug-likeness (QED) is 0.140. The fourth-order valence-electron chi connectivity index (χ4n) is 4.65. The summed E-state index contributed by atoms with van der Waals surface area (Å²) < 4.78 is 38.4. The topological polar surface area (TPSA) is 60.2 Å². The molecule has 0 bridgehead atoms. The Kier molecular flexibility index (Phi) is 6.76. The van der Waals surface area contributed by atoms with Crippen molar-refractivity contribution in [3.05, 3.63) is 65.1 Å². The third kappa shape index (κ3) is 4.97. The molecule has 10 heteroatoms. The maximum Gasteiger partial charge on any atom is 0.232 e. The molecule has 2 atom stereocenters. The Morgan fingerprint density at radius 1 is 1.11 bits per heavy atom. The van der Waals surface area contributed by atoms with Crippen molar-refractivity contribution in [2.45, 2.75) is 52.3 Å². The number of nitrogens with zero attached hydrogens (tertiary/aromatic N) is 4. The lowest BCUT2D eigenvalue weighted by molar-refractivity contribution is -0.129. The summed E-state index contributed by atoms with van der Waals surface area (Å²) in [5, 5.41) is 0.820. The molecule has 0 spiro atoms. The number of carbonyl (C=O) groups excluding carboxylic acids is 1. The molecule has 194 valence electrons. The fourth-order valence-corrected chi connectivity index (χ4v) is 6.17. The van der Waals surface area contributed by atoms with Gasteiger partial charge in [0.2, 0.25) is 5.91 Å². The van der Waals surface area contributed by atoms with Crippen LogP contribution in [-0.4, -0.2) is 35.1 Å². The number of amides is 1. The number of hydrogen-bond acceptors (Lipinski definition) is 5. The molecule has 3 heterocycles. The van der Waals surface area contributed by atoms with E-state index < -0.39 is 31.7 Å². The Bertz CT molecular complexity index is 1460. The molecule has 0 aliphatic carbocycles. The number of anilines is 1. The summed E-state index contributed by atoms with van der Waals surface area (Å²) in [7, 11) is -1.17. The zero-order valence-corrected chi connectivity index (χ0v) is 23.4. The summed E-state index contributed by atoms with van der Waals surface area (Å²) in [6.07, 6.45) is 3.32. The van der Waals surface area contributed by atoms with Crippen LogP contribution in [0.25, 0.3) is 21.5 Å². The molecule has 1 saturated heterocycles. The molecule has 2 aromatic heterocycles. The lowest BCUT2D eigenvalue weighted by atomic mass is 9.82. The van der Waals surface area contributed by atoms with Gasteiger partial charge in [-0.1, -0.05) is 26.6 Å². The van der Waals surface area contributed by atoms with Crippen molar-refractivity contribution in [1.82, 2.24) is 14.5 Å². The summed E-state index contributed by atoms with van der Waals surface area (Å²) in [6.45, 7) is 11.6. The van der Waals surface area contributed by atoms with E-state index in [0.717, 1.165) is 16.6 Å². The Hall–Kier alpha value is -2.95. The van der Waals surface area contributed by atoms with E-state index in [1.807, 2.05) is 17.6 Å². The van der Waals surface area contributed by atoms with Crippen LogP contribution in [0.4, 0.5) is 14.5 Å². The predicted octanol–water partition coefficient (Wildman–Crippen LogP) is 6.78. The summed E-state index contributed by atoms with van der Waals surface area (Å²) in [4.78, 5) is 23.7. The van der Waals surface area contributed by atoms with Gasteiger partial charge in [0, 0.05) is 32.1 Å². The van der Waals surface area contributed by atoms with Crippen LogP contribution < -0.4 is 4.90 Å². The second kappa shape index (κ2) is 9.73. The number of fused-ring (bicyclic) bond motifs is 1. The maximum absolute atomic E-state index is 15.3. The average molecular weight is 541 g/mol. The van der Waals surface area contributed by atoms with Crippen molar-refractivity contribution in [2.24, 2.45) is 5.92 Å². The zero-order valence-electron chi connectivity index (χ0n) is 21.6. The van der Waals surface area contributed by atoms with Gasteiger partial charge < -0.3 is 14.2 Å². The molecule has 0 radical (unpaired) electrons. The highest BCUT2D eigenvalue weighted by molar-refractivity contribution is 7.15. The number of aromatic nitrogens is 3. The number of carbonyl (C=O) groups is 1. The van der Waals surface area contributed by atoms with Crippen LogP contribution in [0.2, 0.25) is 25.7 Å². The molecule has 1 amide bonds. The van der Waals surface area contributed by atoms with Gasteiger partial charge in [-0.3, -0.25) is 4.79 Å². The van der Waals surface area contributed by atoms with Gasteiger partial charge in [-0.2, -0.15) is 0 Å². The molecule has 0 N–H and O–H groups in total. The molecule has 6 nitrogen and oxygen atoms in total. The SMILES string of the molecule is Cc1ncc(-c2cc(F)c(C3[C@@H](C)C(=O)N3c3ccc4c(c3)ncn4COCC[Si](C)(C)C)c(F)c2)s1. The second-order valence-electron chi connectivity index (χ2n) is 10.8. The molecule has 4 aromatic rings. The summed E-state index contributed by atoms with van der Waals surface area (Å²) in [5.41, 5.74) is 2.46. The molecule has 37 heavy (non-hydrogen) atoms. The van der Waals surface area contributed by atoms with E-state index in [1.54, 1.807) is 31.6 Å². The molecular weight excluding hydrogens is 510 g/mol. The molecular formula is C27H30F2N4O2SSi. The normalized spacial score (nSPS) is 18.0. The summed E-state index contributed by atoms with van der Waals surface area (Å²) >= 11 is 1.38. The maximum atomic E-state index is 15.3. The number of benzene rings is 2. The Morgan fingerprint density at radius 2 is 1.84 bits per heavy atom. The van der Waals surface area contributed by atoms with Crippen molar-refractivity contribution in [2.75, 3.05) is 11.5 Å². The highest BCUT2D eigenvalue weighted by atomic mass is 32.1. The van der Waals surface area contributed by atoms with Gasteiger partial charge in [0.25, 0.3) is 0 Å². The van der Waals surface area contributed by atoms with E-state index in [9.17, 15) is 4.79 Å². The highest BCUT2D eigenvalue weighted by Gasteiger charge is 2.48. The fraction of sp³-hybridized carbons (Fsp3) is 0.370. The molecule has 0 saturated carbocycles. The van der Waals surface area contributed by atoms with E-state index in [2.05, 4.69) is 29.6 Å². The van der Waals surface area contributed by atoms with Gasteiger partial charge in [-0.25, -0.2) is 18.7 Å². The molecule has 1 unspecified atom stereocenters. The Labute approximate surface area is 219 Å². The largest absolute Gasteiger partial charge is 0.361 e. The molecule has 5 rings (SSSR count). The van der Waals surface area contributed by atoms with Crippen molar-refractivity contribution < 1.29 is 18.3 Å². The van der Waals surface area contributed by atoms with Crippen LogP contribution in [0.3, 0.4) is 0 Å². The second-order valence-corrected chi connectivity index (χ2v) is 17.6. The first-order chi connectivity index (χ1) is 17.5. The van der Waals surface area contributed by atoms with Gasteiger partial charge in [0.15, 0.2) is 0 Å². The first-order valence-electron chi connectivity index (χ1n) is 12.3. The monoisotopic (exact) mass is 540 g/mol. The van der Waals surface area contributed by atoms with Crippen LogP contribution in [0, 0.1) is 24.5 Å². The third-order valence-corrected chi connectivity index (χ3v) is 9.43. The van der Waals surface area contributed by atoms with Crippen molar-refractivity contribution in [3.63, 3.8) is 0 Å². The molecule has 1 aliphatic rings. The minimum absolute atomic E-state index is 0.0986. The average Bonchev–Trinajstić information content (AvgIpc) is 3.45. The first-order valence-corrected chi connectivity index (χ1v) is 16.8. The number of aryl methyl sites for hydroxylation is 1. The van der Waals surface area contributed by atoms with Crippen LogP contribution in [0.1, 0.15) is 23.5 Å². The number of imidazole rings is 1. The molecule has 1 fully saturated rings. The Balaban J connectivity index is 1.40. The summed E-state index contributed by atoms with van der Waals surface area (Å²) in [6, 6.07) is 8.44. The minimum atomic E-state index is -1.17. The van der Waals surface area contributed by atoms with Gasteiger partial charge in [-0.05, 0) is 48.9 Å². The van der Waals surface area contributed by atoms with E-state index in [-0.39, 0.29) is 11.5 Å². The number of ether oxygens (including phenoxy) is 1. The third-order valence-electron chi connectivity index (χ3n) is 6.77. The van der Waals surface area contributed by atoms with Gasteiger partial charge in [0.1, 0.15) is 18.4 Å². The molecule has 1 aliphatic heterocycles. The predicted molar refractivity (Wildman–Crippen MR) is 145 cm³/mol. The first kappa shape index (κ1) is 25.7. The van der Waals surface area contributed by atoms with Crippen LogP contribution in [-0.2, 0) is 16.3 Å². The number of rotatable bonds is 8. The van der Waals surface area contributed by atoms with Crippen LogP contribution in [0.5, 0.6) is 0 Å². The lowest BCUT2D eigenvalue weighted by Gasteiger charge is -2.46. The Morgan fingerprint density at radius 3 is 2.49 bits per heavy atom. The molecule has 2 aromatic carbocycles. The van der Waals surface area contributed by atoms with Crippen molar-refractivity contribution >= 4 is 42.0 Å². The standard InChI is InChI=1S/C27H30F2N4O2SSi/c1-16-26(25-20(28)10-18(11-21(25)29)24-13-30-17(2)36-24)33(27(16)34)19-6-7-23-22(12-19)31-14-32(23)15-35-8-9-37(3,4)5/h6-7,10-14,16,26H,8-9,15H2,1-5H3/t16-,26?/m1/s1. The number of β-lactam (4-membered cyclic amide) rings is 1. The van der Waals surface area contributed by atoms with Crippen LogP contribution in [0.15, 0.2) is 42.9 Å². The van der Waals surface area contributed by atoms with Crippen molar-refractivity contribution in [1.29, 1.82) is 0 Å². The van der Waals surface area contributed by atoms with Gasteiger partial charge >= 0.3 is 0 Å². The van der Waals surface area contributed by atoms with Gasteiger partial charge in [0.05, 0.1) is 39.2 Å². The highest BCUT2D eigenvalue weighted by Crippen LogP contribution is 2.46. The lowest BCUT2D eigenvalue weighted by Crippen LogP contribution is -2.54. The van der Waals surface area contributed by atoms with E-state index in [0.29, 0.717) is 35.0 Å². The number of thiazole rings is 1. The van der Waals surface area contributed by atoms with Crippen LogP contribution >= 0.6 is 11.3 Å². The number of halogens is 2.